The summed E-state index contributed by atoms with van der Waals surface area (Å²) in [5.74, 6) is 0.391. The van der Waals surface area contributed by atoms with Crippen LogP contribution in [0.2, 0.25) is 5.02 Å². The van der Waals surface area contributed by atoms with Gasteiger partial charge in [-0.15, -0.1) is 0 Å². The number of nitrogens with one attached hydrogen (secondary N) is 1. The lowest BCUT2D eigenvalue weighted by atomic mass is 9.81. The molecule has 4 nitrogen and oxygen atoms in total. The summed E-state index contributed by atoms with van der Waals surface area (Å²) in [5.41, 5.74) is 1.98. The normalized spacial score (nSPS) is 18.6. The lowest BCUT2D eigenvalue weighted by molar-refractivity contribution is 0.102. The van der Waals surface area contributed by atoms with Crippen molar-refractivity contribution in [2.75, 3.05) is 5.32 Å². The van der Waals surface area contributed by atoms with Gasteiger partial charge in [-0.3, -0.25) is 4.79 Å². The van der Waals surface area contributed by atoms with E-state index in [0.717, 1.165) is 19.3 Å². The van der Waals surface area contributed by atoms with Crippen LogP contribution in [0.25, 0.3) is 0 Å². The van der Waals surface area contributed by atoms with Gasteiger partial charge in [-0.25, -0.2) is 0 Å². The van der Waals surface area contributed by atoms with Gasteiger partial charge in [0, 0.05) is 10.9 Å². The highest BCUT2D eigenvalue weighted by molar-refractivity contribution is 6.31. The minimum Gasteiger partial charge on any atom is -0.507 e. The number of benzene rings is 3. The second-order valence-corrected chi connectivity index (χ2v) is 8.01. The van der Waals surface area contributed by atoms with Crippen LogP contribution in [0.5, 0.6) is 11.5 Å². The molecule has 30 heavy (non-hydrogen) atoms. The first kappa shape index (κ1) is 20.3. The Hall–Kier alpha value is -2.98. The summed E-state index contributed by atoms with van der Waals surface area (Å²) in [4.78, 5) is 12.7. The summed E-state index contributed by atoms with van der Waals surface area (Å²) < 4.78 is 6.44. The monoisotopic (exact) mass is 421 g/mol. The van der Waals surface area contributed by atoms with E-state index in [9.17, 15) is 9.90 Å². The molecule has 1 amide bonds. The molecule has 0 bridgehead atoms. The first-order chi connectivity index (χ1) is 14.6. The molecule has 1 aliphatic carbocycles. The van der Waals surface area contributed by atoms with Gasteiger partial charge < -0.3 is 15.2 Å². The van der Waals surface area contributed by atoms with Gasteiger partial charge in [0.15, 0.2) is 0 Å². The average Bonchev–Trinajstić information content (AvgIpc) is 2.77. The fraction of sp³-hybridized carbons (Fsp3) is 0.240. The summed E-state index contributed by atoms with van der Waals surface area (Å²) in [5, 5.41) is 13.3. The van der Waals surface area contributed by atoms with E-state index in [1.165, 1.54) is 30.2 Å². The SMILES string of the molecule is O=C(Nc1ccccc1OC1CCCC[C@H]1c1ccccc1)c1cc(Cl)ccc1O. The Kier molecular flexibility index (Phi) is 6.24. The zero-order valence-electron chi connectivity index (χ0n) is 16.6. The fourth-order valence-corrected chi connectivity index (χ4v) is 4.21. The number of phenols is 1. The predicted molar refractivity (Wildman–Crippen MR) is 120 cm³/mol. The van der Waals surface area contributed by atoms with Crippen LogP contribution in [0.15, 0.2) is 72.8 Å². The molecule has 1 saturated carbocycles. The maximum Gasteiger partial charge on any atom is 0.259 e. The van der Waals surface area contributed by atoms with Crippen LogP contribution in [-0.4, -0.2) is 17.1 Å². The summed E-state index contributed by atoms with van der Waals surface area (Å²) in [7, 11) is 0. The first-order valence-corrected chi connectivity index (χ1v) is 10.6. The number of halogens is 1. The molecule has 0 aliphatic heterocycles. The van der Waals surface area contributed by atoms with E-state index < -0.39 is 5.91 Å². The minimum absolute atomic E-state index is 0.0405. The minimum atomic E-state index is -0.436. The molecule has 5 heteroatoms. The Bertz CT molecular complexity index is 1020. The van der Waals surface area contributed by atoms with E-state index in [0.29, 0.717) is 22.4 Å². The summed E-state index contributed by atoms with van der Waals surface area (Å²) in [6.45, 7) is 0. The Balaban J connectivity index is 1.55. The molecule has 0 saturated heterocycles. The van der Waals surface area contributed by atoms with Gasteiger partial charge in [0.25, 0.3) is 5.91 Å². The quantitative estimate of drug-likeness (QED) is 0.500. The number of carbonyl (C=O) groups is 1. The van der Waals surface area contributed by atoms with Crippen LogP contribution in [0.3, 0.4) is 0 Å². The first-order valence-electron chi connectivity index (χ1n) is 10.2. The smallest absolute Gasteiger partial charge is 0.259 e. The number of rotatable bonds is 5. The number of hydrogen-bond acceptors (Lipinski definition) is 3. The standard InChI is InChI=1S/C25H24ClNO3/c26-18-14-15-22(28)20(16-18)25(29)27-21-11-5-7-13-24(21)30-23-12-6-4-10-19(23)17-8-2-1-3-9-17/h1-3,5,7-9,11,13-16,19,23,28H,4,6,10,12H2,(H,27,29)/t19-,23?/m0/s1. The second-order valence-electron chi connectivity index (χ2n) is 7.57. The number of anilines is 1. The fourth-order valence-electron chi connectivity index (χ4n) is 4.03. The van der Waals surface area contributed by atoms with E-state index in [1.54, 1.807) is 6.07 Å². The van der Waals surface area contributed by atoms with E-state index >= 15 is 0 Å². The van der Waals surface area contributed by atoms with Crippen molar-refractivity contribution in [3.8, 4) is 11.5 Å². The highest BCUT2D eigenvalue weighted by Gasteiger charge is 2.29. The molecule has 0 heterocycles. The van der Waals surface area contributed by atoms with Crippen LogP contribution in [-0.2, 0) is 0 Å². The molecule has 1 fully saturated rings. The molecule has 3 aromatic rings. The number of phenolic OH excluding ortho intramolecular Hbond substituents is 1. The third-order valence-corrected chi connectivity index (χ3v) is 5.78. The lowest BCUT2D eigenvalue weighted by Crippen LogP contribution is -2.29. The van der Waals surface area contributed by atoms with Gasteiger partial charge in [0.05, 0.1) is 11.3 Å². The number of carbonyl (C=O) groups excluding carboxylic acids is 1. The third kappa shape index (κ3) is 4.60. The average molecular weight is 422 g/mol. The van der Waals surface area contributed by atoms with Crippen molar-refractivity contribution in [3.63, 3.8) is 0 Å². The van der Waals surface area contributed by atoms with Crippen LogP contribution in [0.4, 0.5) is 5.69 Å². The molecule has 2 N–H and O–H groups in total. The zero-order valence-corrected chi connectivity index (χ0v) is 17.3. The Morgan fingerprint density at radius 1 is 0.967 bits per heavy atom. The van der Waals surface area contributed by atoms with Crippen molar-refractivity contribution in [2.45, 2.75) is 37.7 Å². The number of aromatic hydroxyl groups is 1. The number of ether oxygens (including phenoxy) is 1. The van der Waals surface area contributed by atoms with Crippen LogP contribution < -0.4 is 10.1 Å². The van der Waals surface area contributed by atoms with Gasteiger partial charge in [0.1, 0.15) is 17.6 Å². The maximum absolute atomic E-state index is 12.7. The molecule has 0 spiro atoms. The summed E-state index contributed by atoms with van der Waals surface area (Å²) >= 11 is 5.98. The Morgan fingerprint density at radius 3 is 2.53 bits per heavy atom. The largest absolute Gasteiger partial charge is 0.507 e. The molecule has 0 radical (unpaired) electrons. The topological polar surface area (TPSA) is 58.6 Å². The van der Waals surface area contributed by atoms with Gasteiger partial charge in [-0.1, -0.05) is 60.5 Å². The van der Waals surface area contributed by atoms with Gasteiger partial charge in [-0.2, -0.15) is 0 Å². The molecule has 3 aromatic carbocycles. The predicted octanol–water partition coefficient (Wildman–Crippen LogP) is 6.40. The summed E-state index contributed by atoms with van der Waals surface area (Å²) in [6, 6.07) is 22.3. The summed E-state index contributed by atoms with van der Waals surface area (Å²) in [6.07, 6.45) is 4.40. The van der Waals surface area contributed by atoms with E-state index in [4.69, 9.17) is 16.3 Å². The van der Waals surface area contributed by atoms with E-state index in [2.05, 4.69) is 29.6 Å². The van der Waals surface area contributed by atoms with Crippen molar-refractivity contribution in [3.05, 3.63) is 88.9 Å². The third-order valence-electron chi connectivity index (χ3n) is 5.55. The van der Waals surface area contributed by atoms with E-state index in [1.807, 2.05) is 24.3 Å². The van der Waals surface area contributed by atoms with Crippen molar-refractivity contribution in [2.24, 2.45) is 0 Å². The van der Waals surface area contributed by atoms with Gasteiger partial charge >= 0.3 is 0 Å². The molecule has 154 valence electrons. The highest BCUT2D eigenvalue weighted by Crippen LogP contribution is 2.37. The van der Waals surface area contributed by atoms with Crippen LogP contribution in [0, 0.1) is 0 Å². The Labute approximate surface area is 181 Å². The molecule has 1 aliphatic rings. The second kappa shape index (κ2) is 9.23. The van der Waals surface area contributed by atoms with E-state index in [-0.39, 0.29) is 17.4 Å². The van der Waals surface area contributed by atoms with Gasteiger partial charge in [0.2, 0.25) is 0 Å². The molecule has 0 aromatic heterocycles. The van der Waals surface area contributed by atoms with Crippen LogP contribution in [0.1, 0.15) is 47.5 Å². The molecule has 1 unspecified atom stereocenters. The van der Waals surface area contributed by atoms with Crippen LogP contribution >= 0.6 is 11.6 Å². The number of para-hydroxylation sites is 2. The van der Waals surface area contributed by atoms with Crippen molar-refractivity contribution in [1.29, 1.82) is 0 Å². The molecule has 2 atom stereocenters. The maximum atomic E-state index is 12.7. The molecular formula is C25H24ClNO3. The number of amides is 1. The zero-order chi connectivity index (χ0) is 20.9. The highest BCUT2D eigenvalue weighted by atomic mass is 35.5. The lowest BCUT2D eigenvalue weighted by Gasteiger charge is -2.33. The molecule has 4 rings (SSSR count). The van der Waals surface area contributed by atoms with Crippen molar-refractivity contribution >= 4 is 23.2 Å². The van der Waals surface area contributed by atoms with Crippen molar-refractivity contribution in [1.82, 2.24) is 0 Å². The van der Waals surface area contributed by atoms with Gasteiger partial charge in [-0.05, 0) is 55.2 Å². The van der Waals surface area contributed by atoms with Crippen molar-refractivity contribution < 1.29 is 14.6 Å². The molecular weight excluding hydrogens is 398 g/mol. The number of hydrogen-bond donors (Lipinski definition) is 2. The Morgan fingerprint density at radius 2 is 1.70 bits per heavy atom.